The third kappa shape index (κ3) is 1.70. The van der Waals surface area contributed by atoms with Crippen molar-refractivity contribution < 1.29 is 4.74 Å². The second-order valence-electron chi connectivity index (χ2n) is 3.51. The van der Waals surface area contributed by atoms with Gasteiger partial charge in [-0.05, 0) is 32.6 Å². The molecule has 1 saturated carbocycles. The van der Waals surface area contributed by atoms with Crippen molar-refractivity contribution in [1.29, 1.82) is 0 Å². The van der Waals surface area contributed by atoms with E-state index in [1.165, 1.54) is 12.8 Å². The molecule has 0 radical (unpaired) electrons. The van der Waals surface area contributed by atoms with Gasteiger partial charge < -0.3 is 10.5 Å². The third-order valence-electron chi connectivity index (χ3n) is 2.47. The maximum absolute atomic E-state index is 5.81. The van der Waals surface area contributed by atoms with Gasteiger partial charge in [0.05, 0.1) is 5.60 Å². The Labute approximate surface area is 62.7 Å². The van der Waals surface area contributed by atoms with Gasteiger partial charge in [0.25, 0.3) is 0 Å². The molecule has 0 aliphatic heterocycles. The van der Waals surface area contributed by atoms with Crippen LogP contribution in [0.15, 0.2) is 0 Å². The highest BCUT2D eigenvalue weighted by atomic mass is 16.5. The van der Waals surface area contributed by atoms with Gasteiger partial charge in [0.1, 0.15) is 0 Å². The average molecular weight is 143 g/mol. The average Bonchev–Trinajstić information content (AvgIpc) is 1.88. The summed E-state index contributed by atoms with van der Waals surface area (Å²) in [6.07, 6.45) is 4.56. The van der Waals surface area contributed by atoms with Crippen molar-refractivity contribution in [3.05, 3.63) is 0 Å². The SMILES string of the molecule is COC1(C)CCCC(N)C1. The molecule has 0 aromatic heterocycles. The molecule has 0 aromatic carbocycles. The van der Waals surface area contributed by atoms with Crippen molar-refractivity contribution in [2.75, 3.05) is 7.11 Å². The Kier molecular flexibility index (Phi) is 2.32. The fraction of sp³-hybridized carbons (Fsp3) is 1.00. The highest BCUT2D eigenvalue weighted by Gasteiger charge is 2.29. The smallest absolute Gasteiger partial charge is 0.0665 e. The number of ether oxygens (including phenoxy) is 1. The van der Waals surface area contributed by atoms with E-state index in [2.05, 4.69) is 6.92 Å². The van der Waals surface area contributed by atoms with Gasteiger partial charge in [-0.15, -0.1) is 0 Å². The van der Waals surface area contributed by atoms with E-state index in [0.717, 1.165) is 12.8 Å². The van der Waals surface area contributed by atoms with Crippen LogP contribution >= 0.6 is 0 Å². The van der Waals surface area contributed by atoms with Crippen LogP contribution in [0.3, 0.4) is 0 Å². The van der Waals surface area contributed by atoms with E-state index in [1.807, 2.05) is 0 Å². The number of hydrogen-bond acceptors (Lipinski definition) is 2. The predicted octanol–water partition coefficient (Wildman–Crippen LogP) is 1.29. The fourth-order valence-electron chi connectivity index (χ4n) is 1.68. The maximum atomic E-state index is 5.81. The van der Waals surface area contributed by atoms with Crippen molar-refractivity contribution in [3.63, 3.8) is 0 Å². The lowest BCUT2D eigenvalue weighted by atomic mass is 9.83. The first-order chi connectivity index (χ1) is 4.66. The summed E-state index contributed by atoms with van der Waals surface area (Å²) in [5.74, 6) is 0. The summed E-state index contributed by atoms with van der Waals surface area (Å²) in [5, 5.41) is 0. The summed E-state index contributed by atoms with van der Waals surface area (Å²) in [7, 11) is 1.78. The lowest BCUT2D eigenvalue weighted by Crippen LogP contribution is -2.40. The molecule has 1 rings (SSSR count). The molecule has 1 aliphatic carbocycles. The molecule has 2 heteroatoms. The minimum absolute atomic E-state index is 0.0671. The second kappa shape index (κ2) is 2.89. The van der Waals surface area contributed by atoms with Crippen LogP contribution in [0.5, 0.6) is 0 Å². The van der Waals surface area contributed by atoms with Crippen LogP contribution in [-0.4, -0.2) is 18.8 Å². The first-order valence-electron chi connectivity index (χ1n) is 3.97. The molecule has 10 heavy (non-hydrogen) atoms. The molecular formula is C8H17NO. The molecule has 2 atom stereocenters. The summed E-state index contributed by atoms with van der Waals surface area (Å²) in [6.45, 7) is 2.14. The van der Waals surface area contributed by atoms with Crippen LogP contribution in [0.4, 0.5) is 0 Å². The number of nitrogens with two attached hydrogens (primary N) is 1. The topological polar surface area (TPSA) is 35.2 Å². The summed E-state index contributed by atoms with van der Waals surface area (Å²) in [4.78, 5) is 0. The molecule has 0 heterocycles. The van der Waals surface area contributed by atoms with Crippen LogP contribution in [-0.2, 0) is 4.74 Å². The van der Waals surface area contributed by atoms with Gasteiger partial charge in [-0.1, -0.05) is 0 Å². The summed E-state index contributed by atoms with van der Waals surface area (Å²) in [6, 6.07) is 0.360. The minimum Gasteiger partial charge on any atom is -0.378 e. The van der Waals surface area contributed by atoms with Crippen LogP contribution < -0.4 is 5.73 Å². The summed E-state index contributed by atoms with van der Waals surface area (Å²) >= 11 is 0. The number of hydrogen-bond donors (Lipinski definition) is 1. The molecule has 0 saturated heterocycles. The highest BCUT2D eigenvalue weighted by molar-refractivity contribution is 4.85. The van der Waals surface area contributed by atoms with Crippen LogP contribution in [0.2, 0.25) is 0 Å². The van der Waals surface area contributed by atoms with Gasteiger partial charge in [0.2, 0.25) is 0 Å². The van der Waals surface area contributed by atoms with Crippen molar-refractivity contribution in [2.45, 2.75) is 44.2 Å². The molecule has 0 aromatic rings. The standard InChI is InChI=1S/C8H17NO/c1-8(10-2)5-3-4-7(9)6-8/h7H,3-6,9H2,1-2H3. The Morgan fingerprint density at radius 3 is 2.70 bits per heavy atom. The lowest BCUT2D eigenvalue weighted by molar-refractivity contribution is -0.0283. The van der Waals surface area contributed by atoms with Crippen LogP contribution in [0, 0.1) is 0 Å². The molecular weight excluding hydrogens is 126 g/mol. The molecule has 2 nitrogen and oxygen atoms in total. The van der Waals surface area contributed by atoms with Gasteiger partial charge in [0, 0.05) is 13.2 Å². The van der Waals surface area contributed by atoms with Gasteiger partial charge in [-0.3, -0.25) is 0 Å². The van der Waals surface area contributed by atoms with Crippen LogP contribution in [0.1, 0.15) is 32.6 Å². The Morgan fingerprint density at radius 1 is 1.60 bits per heavy atom. The molecule has 60 valence electrons. The van der Waals surface area contributed by atoms with E-state index in [9.17, 15) is 0 Å². The van der Waals surface area contributed by atoms with Gasteiger partial charge >= 0.3 is 0 Å². The zero-order chi connectivity index (χ0) is 7.61. The Bertz CT molecular complexity index is 116. The molecule has 0 amide bonds. The van der Waals surface area contributed by atoms with Gasteiger partial charge in [0.15, 0.2) is 0 Å². The lowest BCUT2D eigenvalue weighted by Gasteiger charge is -2.35. The summed E-state index contributed by atoms with van der Waals surface area (Å²) in [5.41, 5.74) is 5.87. The van der Waals surface area contributed by atoms with Crippen molar-refractivity contribution in [3.8, 4) is 0 Å². The third-order valence-corrected chi connectivity index (χ3v) is 2.47. The molecule has 1 fully saturated rings. The first-order valence-corrected chi connectivity index (χ1v) is 3.97. The van der Waals surface area contributed by atoms with E-state index in [-0.39, 0.29) is 5.60 Å². The van der Waals surface area contributed by atoms with E-state index in [0.29, 0.717) is 6.04 Å². The quantitative estimate of drug-likeness (QED) is 0.600. The summed E-state index contributed by atoms with van der Waals surface area (Å²) < 4.78 is 5.37. The minimum atomic E-state index is 0.0671. The van der Waals surface area contributed by atoms with Crippen molar-refractivity contribution in [2.24, 2.45) is 5.73 Å². The first kappa shape index (κ1) is 8.02. The largest absolute Gasteiger partial charge is 0.378 e. The van der Waals surface area contributed by atoms with Crippen molar-refractivity contribution in [1.82, 2.24) is 0 Å². The normalized spacial score (nSPS) is 41.7. The molecule has 0 bridgehead atoms. The zero-order valence-corrected chi connectivity index (χ0v) is 6.89. The fourth-order valence-corrected chi connectivity index (χ4v) is 1.68. The molecule has 2 N–H and O–H groups in total. The Morgan fingerprint density at radius 2 is 2.30 bits per heavy atom. The van der Waals surface area contributed by atoms with Crippen LogP contribution in [0.25, 0.3) is 0 Å². The molecule has 0 spiro atoms. The van der Waals surface area contributed by atoms with E-state index < -0.39 is 0 Å². The molecule has 1 aliphatic rings. The Balaban J connectivity index is 2.45. The second-order valence-corrected chi connectivity index (χ2v) is 3.51. The highest BCUT2D eigenvalue weighted by Crippen LogP contribution is 2.29. The Hall–Kier alpha value is -0.0800. The van der Waals surface area contributed by atoms with Gasteiger partial charge in [-0.2, -0.15) is 0 Å². The monoisotopic (exact) mass is 143 g/mol. The predicted molar refractivity (Wildman–Crippen MR) is 41.9 cm³/mol. The number of rotatable bonds is 1. The molecule has 2 unspecified atom stereocenters. The van der Waals surface area contributed by atoms with Crippen molar-refractivity contribution >= 4 is 0 Å². The maximum Gasteiger partial charge on any atom is 0.0665 e. The zero-order valence-electron chi connectivity index (χ0n) is 6.89. The van der Waals surface area contributed by atoms with E-state index in [1.54, 1.807) is 7.11 Å². The van der Waals surface area contributed by atoms with E-state index in [4.69, 9.17) is 10.5 Å². The van der Waals surface area contributed by atoms with E-state index >= 15 is 0 Å². The van der Waals surface area contributed by atoms with Gasteiger partial charge in [-0.25, -0.2) is 0 Å². The number of methoxy groups -OCH3 is 1.